The molecule has 0 spiro atoms. The van der Waals surface area contributed by atoms with E-state index in [0.29, 0.717) is 17.6 Å². The Balaban J connectivity index is 0.000000859. The van der Waals surface area contributed by atoms with E-state index in [4.69, 9.17) is 15.0 Å². The van der Waals surface area contributed by atoms with Crippen molar-refractivity contribution >= 4 is 41.2 Å². The van der Waals surface area contributed by atoms with E-state index >= 15 is 0 Å². The van der Waals surface area contributed by atoms with Crippen molar-refractivity contribution in [3.8, 4) is 39.9 Å². The van der Waals surface area contributed by atoms with Crippen molar-refractivity contribution in [2.75, 3.05) is 12.8 Å². The molecule has 1 atom stereocenters. The molecule has 52 heavy (non-hydrogen) atoms. The van der Waals surface area contributed by atoms with Crippen molar-refractivity contribution in [1.29, 1.82) is 0 Å². The average Bonchev–Trinajstić information content (AvgIpc) is 3.62. The van der Waals surface area contributed by atoms with Gasteiger partial charge >= 0.3 is 0 Å². The van der Waals surface area contributed by atoms with Crippen LogP contribution in [0.4, 0.5) is 0 Å². The SMILES string of the molecule is CCPC.Cc1cc2c3c4c(cccc14)C(C)(C)c1c-3c(cc3c4ccccc4n(-c4nc(-c5ccccc5)nc(-c5ccccc5)n4)c13)C2(C)C. The average molecular weight is 695 g/mol. The van der Waals surface area contributed by atoms with Gasteiger partial charge in [0.2, 0.25) is 5.95 Å². The Morgan fingerprint density at radius 1 is 0.596 bits per heavy atom. The molecular formula is C47H43N4P. The van der Waals surface area contributed by atoms with Crippen molar-refractivity contribution in [2.24, 2.45) is 0 Å². The van der Waals surface area contributed by atoms with E-state index in [0.717, 1.165) is 25.2 Å². The first-order valence-corrected chi connectivity index (χ1v) is 20.1. The van der Waals surface area contributed by atoms with Gasteiger partial charge in [-0.2, -0.15) is 9.97 Å². The maximum Gasteiger partial charge on any atom is 0.238 e. The van der Waals surface area contributed by atoms with Crippen LogP contribution >= 0.6 is 8.58 Å². The molecule has 8 aromatic rings. The van der Waals surface area contributed by atoms with Crippen LogP contribution in [0.5, 0.6) is 0 Å². The number of fused-ring (bicyclic) bond motifs is 4. The highest BCUT2D eigenvalue weighted by Crippen LogP contribution is 2.62. The van der Waals surface area contributed by atoms with Gasteiger partial charge in [0.1, 0.15) is 0 Å². The molecule has 0 radical (unpaired) electrons. The minimum absolute atomic E-state index is 0.141. The van der Waals surface area contributed by atoms with Gasteiger partial charge in [0.05, 0.1) is 11.0 Å². The number of nitrogens with zero attached hydrogens (tertiary/aromatic N) is 4. The molecule has 0 N–H and O–H groups in total. The second kappa shape index (κ2) is 11.9. The van der Waals surface area contributed by atoms with Crippen molar-refractivity contribution in [3.63, 3.8) is 0 Å². The predicted molar refractivity (Wildman–Crippen MR) is 222 cm³/mol. The van der Waals surface area contributed by atoms with Gasteiger partial charge in [0.25, 0.3) is 0 Å². The van der Waals surface area contributed by atoms with Crippen LogP contribution in [0.3, 0.4) is 0 Å². The Morgan fingerprint density at radius 3 is 1.81 bits per heavy atom. The van der Waals surface area contributed by atoms with Crippen LogP contribution in [-0.2, 0) is 10.8 Å². The van der Waals surface area contributed by atoms with E-state index in [1.807, 2.05) is 36.4 Å². The summed E-state index contributed by atoms with van der Waals surface area (Å²) in [5, 5.41) is 5.21. The summed E-state index contributed by atoms with van der Waals surface area (Å²) < 4.78 is 2.33. The number of aryl methyl sites for hydroxylation is 1. The van der Waals surface area contributed by atoms with Gasteiger partial charge in [-0.15, -0.1) is 8.58 Å². The number of rotatable bonds is 4. The zero-order chi connectivity index (χ0) is 35.9. The molecule has 2 aromatic heterocycles. The molecule has 6 aromatic carbocycles. The highest BCUT2D eigenvalue weighted by atomic mass is 31.1. The molecule has 10 rings (SSSR count). The third-order valence-electron chi connectivity index (χ3n) is 11.5. The largest absolute Gasteiger partial charge is 0.277 e. The topological polar surface area (TPSA) is 43.6 Å². The lowest BCUT2D eigenvalue weighted by Crippen LogP contribution is -2.25. The van der Waals surface area contributed by atoms with E-state index in [1.165, 1.54) is 72.2 Å². The van der Waals surface area contributed by atoms with Crippen molar-refractivity contribution in [2.45, 2.75) is 52.4 Å². The fourth-order valence-corrected chi connectivity index (χ4v) is 8.80. The van der Waals surface area contributed by atoms with Crippen LogP contribution < -0.4 is 0 Å². The minimum atomic E-state index is -0.286. The molecule has 2 aliphatic rings. The fourth-order valence-electron chi connectivity index (χ4n) is 8.80. The second-order valence-corrected chi connectivity index (χ2v) is 16.7. The number of para-hydroxylation sites is 1. The summed E-state index contributed by atoms with van der Waals surface area (Å²) >= 11 is 0. The highest BCUT2D eigenvalue weighted by Gasteiger charge is 2.47. The summed E-state index contributed by atoms with van der Waals surface area (Å²) in [4.78, 5) is 15.6. The van der Waals surface area contributed by atoms with E-state index in [9.17, 15) is 0 Å². The number of aromatic nitrogens is 4. The summed E-state index contributed by atoms with van der Waals surface area (Å²) in [6, 6.07) is 41.1. The number of hydrogen-bond acceptors (Lipinski definition) is 3. The van der Waals surface area contributed by atoms with Crippen LogP contribution in [0.25, 0.3) is 72.4 Å². The van der Waals surface area contributed by atoms with Crippen LogP contribution in [0.1, 0.15) is 62.4 Å². The molecule has 0 saturated heterocycles. The molecule has 2 heterocycles. The molecule has 2 aliphatic carbocycles. The van der Waals surface area contributed by atoms with E-state index in [2.05, 4.69) is 132 Å². The summed E-state index contributed by atoms with van der Waals surface area (Å²) in [6.45, 7) is 16.3. The Labute approximate surface area is 307 Å². The van der Waals surface area contributed by atoms with Gasteiger partial charge in [-0.05, 0) is 81.6 Å². The van der Waals surface area contributed by atoms with E-state index in [1.54, 1.807) is 0 Å². The van der Waals surface area contributed by atoms with Gasteiger partial charge in [-0.1, -0.05) is 138 Å². The summed E-state index contributed by atoms with van der Waals surface area (Å²) in [7, 11) is 1.14. The van der Waals surface area contributed by atoms with Gasteiger partial charge in [-0.25, -0.2) is 4.98 Å². The number of benzene rings is 6. The molecule has 0 saturated carbocycles. The Bertz CT molecular complexity index is 2650. The maximum absolute atomic E-state index is 5.27. The quantitative estimate of drug-likeness (QED) is 0.172. The molecule has 4 nitrogen and oxygen atoms in total. The lowest BCUT2D eigenvalue weighted by atomic mass is 9.67. The second-order valence-electron chi connectivity index (χ2n) is 15.2. The zero-order valence-electron chi connectivity index (χ0n) is 31.0. The van der Waals surface area contributed by atoms with Crippen molar-refractivity contribution in [1.82, 2.24) is 19.5 Å². The summed E-state index contributed by atoms with van der Waals surface area (Å²) in [5.41, 5.74) is 13.5. The fraction of sp³-hybridized carbons (Fsp3) is 0.213. The first-order chi connectivity index (χ1) is 25.2. The van der Waals surface area contributed by atoms with Gasteiger partial charge in [-0.3, -0.25) is 4.57 Å². The van der Waals surface area contributed by atoms with Gasteiger partial charge in [0, 0.05) is 32.7 Å². The zero-order valence-corrected chi connectivity index (χ0v) is 32.0. The lowest BCUT2D eigenvalue weighted by Gasteiger charge is -2.36. The smallest absolute Gasteiger partial charge is 0.238 e. The Morgan fingerprint density at radius 2 is 1.17 bits per heavy atom. The Kier molecular flexibility index (Phi) is 7.51. The van der Waals surface area contributed by atoms with Crippen LogP contribution in [-0.4, -0.2) is 32.3 Å². The summed E-state index contributed by atoms with van der Waals surface area (Å²) in [5.74, 6) is 1.95. The Hall–Kier alpha value is -5.18. The lowest BCUT2D eigenvalue weighted by molar-refractivity contribution is 0.643. The molecule has 5 heteroatoms. The van der Waals surface area contributed by atoms with E-state index < -0.39 is 0 Å². The number of hydrogen-bond donors (Lipinski definition) is 0. The molecular weight excluding hydrogens is 652 g/mol. The predicted octanol–water partition coefficient (Wildman–Crippen LogP) is 12.0. The molecule has 0 fully saturated rings. The summed E-state index contributed by atoms with van der Waals surface area (Å²) in [6.07, 6.45) is 1.35. The normalized spacial score (nSPS) is 14.8. The molecule has 0 amide bonds. The first-order valence-electron chi connectivity index (χ1n) is 18.4. The van der Waals surface area contributed by atoms with Crippen LogP contribution in [0, 0.1) is 6.92 Å². The maximum atomic E-state index is 5.27. The molecule has 0 bridgehead atoms. The first kappa shape index (κ1) is 32.7. The highest BCUT2D eigenvalue weighted by molar-refractivity contribution is 7.36. The molecule has 0 aliphatic heterocycles. The van der Waals surface area contributed by atoms with Crippen LogP contribution in [0.2, 0.25) is 0 Å². The minimum Gasteiger partial charge on any atom is -0.277 e. The molecule has 1 unspecified atom stereocenters. The third kappa shape index (κ3) is 4.60. The monoisotopic (exact) mass is 694 g/mol. The van der Waals surface area contributed by atoms with Gasteiger partial charge in [0.15, 0.2) is 11.6 Å². The standard InChI is InChI=1S/C44H34N4.C3H9P/c1-25-23-32-36-35-28(25)20-14-21-31(35)44(4,5)38-37(36)33(43(32,2)3)24-30-29-19-12-13-22-34(29)48(39(30)38)42-46-40(26-15-8-6-9-16-26)45-41(47-42)27-17-10-7-11-18-27;1-3-4-2/h6-24H,1-5H3;4H,3H2,1-2H3. The van der Waals surface area contributed by atoms with Crippen LogP contribution in [0.15, 0.2) is 115 Å². The molecule has 256 valence electrons. The third-order valence-corrected chi connectivity index (χ3v) is 12.2. The van der Waals surface area contributed by atoms with Crippen molar-refractivity contribution in [3.05, 3.63) is 143 Å². The van der Waals surface area contributed by atoms with E-state index in [-0.39, 0.29) is 10.8 Å². The van der Waals surface area contributed by atoms with Gasteiger partial charge < -0.3 is 0 Å². The van der Waals surface area contributed by atoms with Crippen molar-refractivity contribution < 1.29 is 0 Å².